The van der Waals surface area contributed by atoms with Gasteiger partial charge in [0.25, 0.3) is 0 Å². The van der Waals surface area contributed by atoms with Gasteiger partial charge in [0.15, 0.2) is 0 Å². The first-order valence-electron chi connectivity index (χ1n) is 6.49. The van der Waals surface area contributed by atoms with E-state index in [1.165, 1.54) is 23.8 Å². The Morgan fingerprint density at radius 3 is 2.78 bits per heavy atom. The molecule has 0 aromatic heterocycles. The van der Waals surface area contributed by atoms with Crippen LogP contribution >= 0.6 is 0 Å². The van der Waals surface area contributed by atoms with E-state index >= 15 is 0 Å². The summed E-state index contributed by atoms with van der Waals surface area (Å²) in [6, 6.07) is 12.5. The zero-order chi connectivity index (χ0) is 12.4. The third kappa shape index (κ3) is 2.04. The molecule has 0 bridgehead atoms. The van der Waals surface area contributed by atoms with Gasteiger partial charge in [0.2, 0.25) is 0 Å². The molecule has 0 spiro atoms. The van der Waals surface area contributed by atoms with Crippen LogP contribution in [0.25, 0.3) is 16.8 Å². The van der Waals surface area contributed by atoms with Gasteiger partial charge in [-0.3, -0.25) is 0 Å². The molecule has 0 saturated carbocycles. The molecule has 0 atom stereocenters. The Morgan fingerprint density at radius 2 is 1.94 bits per heavy atom. The number of nitrogen functional groups attached to an aromatic ring is 1. The number of fused-ring (bicyclic) bond motifs is 1. The molecule has 0 heterocycles. The van der Waals surface area contributed by atoms with Crippen LogP contribution in [0.3, 0.4) is 0 Å². The summed E-state index contributed by atoms with van der Waals surface area (Å²) >= 11 is 0. The number of nitrogens with two attached hydrogens (primary N) is 1. The Labute approximate surface area is 108 Å². The van der Waals surface area contributed by atoms with Crippen molar-refractivity contribution >= 4 is 22.5 Å². The fourth-order valence-corrected chi connectivity index (χ4v) is 2.50. The van der Waals surface area contributed by atoms with Crippen molar-refractivity contribution in [2.24, 2.45) is 0 Å². The van der Waals surface area contributed by atoms with Crippen LogP contribution in [0.1, 0.15) is 24.8 Å². The van der Waals surface area contributed by atoms with Crippen LogP contribution in [0, 0.1) is 0 Å². The fraction of sp³-hybridized carbons (Fsp3) is 0.176. The number of allylic oxidation sites excluding steroid dienone is 3. The third-order valence-corrected chi connectivity index (χ3v) is 3.51. The summed E-state index contributed by atoms with van der Waals surface area (Å²) in [5.74, 6) is 0. The summed E-state index contributed by atoms with van der Waals surface area (Å²) < 4.78 is 0. The van der Waals surface area contributed by atoms with E-state index < -0.39 is 0 Å². The van der Waals surface area contributed by atoms with Crippen molar-refractivity contribution in [3.05, 3.63) is 59.7 Å². The molecule has 1 nitrogen and oxygen atoms in total. The highest BCUT2D eigenvalue weighted by atomic mass is 14.6. The SMILES string of the molecule is Nc1c(/C=C2/C=CCCC2)ccc2ccccc12. The Morgan fingerprint density at radius 1 is 1.06 bits per heavy atom. The Kier molecular flexibility index (Phi) is 2.89. The minimum atomic E-state index is 0.888. The predicted octanol–water partition coefficient (Wildman–Crippen LogP) is 4.55. The first kappa shape index (κ1) is 11.1. The Bertz CT molecular complexity index is 635. The van der Waals surface area contributed by atoms with Crippen molar-refractivity contribution in [3.63, 3.8) is 0 Å². The van der Waals surface area contributed by atoms with Gasteiger partial charge in [0.1, 0.15) is 0 Å². The lowest BCUT2D eigenvalue weighted by Crippen LogP contribution is -1.93. The second-order valence-electron chi connectivity index (χ2n) is 4.80. The molecular weight excluding hydrogens is 218 g/mol. The summed E-state index contributed by atoms with van der Waals surface area (Å²) in [6.07, 6.45) is 10.3. The third-order valence-electron chi connectivity index (χ3n) is 3.51. The first-order valence-corrected chi connectivity index (χ1v) is 6.49. The van der Waals surface area contributed by atoms with Crippen molar-refractivity contribution in [1.82, 2.24) is 0 Å². The monoisotopic (exact) mass is 235 g/mol. The van der Waals surface area contributed by atoms with Crippen LogP contribution in [0.4, 0.5) is 5.69 Å². The van der Waals surface area contributed by atoms with E-state index in [-0.39, 0.29) is 0 Å². The van der Waals surface area contributed by atoms with Gasteiger partial charge in [-0.25, -0.2) is 0 Å². The van der Waals surface area contributed by atoms with Crippen LogP contribution in [0.15, 0.2) is 54.1 Å². The van der Waals surface area contributed by atoms with Crippen LogP contribution in [0.2, 0.25) is 0 Å². The molecule has 0 unspecified atom stereocenters. The zero-order valence-electron chi connectivity index (χ0n) is 10.4. The highest BCUT2D eigenvalue weighted by Gasteiger charge is 2.04. The van der Waals surface area contributed by atoms with E-state index in [9.17, 15) is 0 Å². The zero-order valence-corrected chi connectivity index (χ0v) is 10.4. The topological polar surface area (TPSA) is 26.0 Å². The van der Waals surface area contributed by atoms with Gasteiger partial charge in [0.05, 0.1) is 0 Å². The Hall–Kier alpha value is -2.02. The van der Waals surface area contributed by atoms with E-state index in [1.54, 1.807) is 0 Å². The van der Waals surface area contributed by atoms with Crippen molar-refractivity contribution in [2.45, 2.75) is 19.3 Å². The standard InChI is InChI=1S/C17H17N/c18-17-15(12-13-6-2-1-3-7-13)11-10-14-8-4-5-9-16(14)17/h2,4-6,8-12H,1,3,7,18H2/b13-12-. The van der Waals surface area contributed by atoms with Gasteiger partial charge in [-0.05, 0) is 41.9 Å². The number of anilines is 1. The summed E-state index contributed by atoms with van der Waals surface area (Å²) in [5, 5.41) is 2.35. The highest BCUT2D eigenvalue weighted by molar-refractivity contribution is 5.97. The molecule has 2 aromatic rings. The van der Waals surface area contributed by atoms with E-state index in [1.807, 2.05) is 12.1 Å². The van der Waals surface area contributed by atoms with Gasteiger partial charge in [0, 0.05) is 11.1 Å². The van der Waals surface area contributed by atoms with Gasteiger partial charge in [-0.1, -0.05) is 48.6 Å². The predicted molar refractivity (Wildman–Crippen MR) is 79.3 cm³/mol. The number of hydrogen-bond donors (Lipinski definition) is 1. The lowest BCUT2D eigenvalue weighted by molar-refractivity contribution is 0.825. The highest BCUT2D eigenvalue weighted by Crippen LogP contribution is 2.28. The molecule has 0 aliphatic heterocycles. The second-order valence-corrected chi connectivity index (χ2v) is 4.80. The molecule has 0 fully saturated rings. The maximum Gasteiger partial charge on any atom is 0.0467 e. The average Bonchev–Trinajstić information content (AvgIpc) is 2.43. The molecule has 2 aromatic carbocycles. The van der Waals surface area contributed by atoms with Crippen molar-refractivity contribution in [2.75, 3.05) is 5.73 Å². The molecule has 0 amide bonds. The van der Waals surface area contributed by atoms with E-state index in [2.05, 4.69) is 42.5 Å². The second kappa shape index (κ2) is 4.69. The van der Waals surface area contributed by atoms with Gasteiger partial charge in [-0.15, -0.1) is 0 Å². The minimum Gasteiger partial charge on any atom is -0.398 e. The molecule has 1 aliphatic rings. The summed E-state index contributed by atoms with van der Waals surface area (Å²) in [6.45, 7) is 0. The number of benzene rings is 2. The van der Waals surface area contributed by atoms with Crippen molar-refractivity contribution in [1.29, 1.82) is 0 Å². The van der Waals surface area contributed by atoms with Gasteiger partial charge < -0.3 is 5.73 Å². The smallest absolute Gasteiger partial charge is 0.0467 e. The quantitative estimate of drug-likeness (QED) is 0.721. The minimum absolute atomic E-state index is 0.888. The summed E-state index contributed by atoms with van der Waals surface area (Å²) in [4.78, 5) is 0. The van der Waals surface area contributed by atoms with E-state index in [4.69, 9.17) is 5.73 Å². The fourth-order valence-electron chi connectivity index (χ4n) is 2.50. The molecule has 0 radical (unpaired) electrons. The lowest BCUT2D eigenvalue weighted by Gasteiger charge is -2.10. The maximum absolute atomic E-state index is 6.27. The molecule has 2 N–H and O–H groups in total. The first-order chi connectivity index (χ1) is 8.84. The van der Waals surface area contributed by atoms with Crippen LogP contribution in [-0.2, 0) is 0 Å². The number of rotatable bonds is 1. The molecule has 1 aliphatic carbocycles. The lowest BCUT2D eigenvalue weighted by atomic mass is 9.97. The largest absolute Gasteiger partial charge is 0.398 e. The van der Waals surface area contributed by atoms with Crippen molar-refractivity contribution < 1.29 is 0 Å². The van der Waals surface area contributed by atoms with Crippen LogP contribution in [0.5, 0.6) is 0 Å². The average molecular weight is 235 g/mol. The maximum atomic E-state index is 6.27. The van der Waals surface area contributed by atoms with Crippen molar-refractivity contribution in [3.8, 4) is 0 Å². The molecule has 3 rings (SSSR count). The van der Waals surface area contributed by atoms with Gasteiger partial charge >= 0.3 is 0 Å². The van der Waals surface area contributed by atoms with Gasteiger partial charge in [-0.2, -0.15) is 0 Å². The molecule has 18 heavy (non-hydrogen) atoms. The van der Waals surface area contributed by atoms with E-state index in [0.717, 1.165) is 23.1 Å². The summed E-state index contributed by atoms with van der Waals surface area (Å²) in [7, 11) is 0. The summed E-state index contributed by atoms with van der Waals surface area (Å²) in [5.41, 5.74) is 9.67. The van der Waals surface area contributed by atoms with Crippen LogP contribution in [-0.4, -0.2) is 0 Å². The number of hydrogen-bond acceptors (Lipinski definition) is 1. The molecule has 90 valence electrons. The van der Waals surface area contributed by atoms with E-state index in [0.29, 0.717) is 0 Å². The van der Waals surface area contributed by atoms with Crippen LogP contribution < -0.4 is 5.73 Å². The molecule has 1 heteroatoms. The molecular formula is C17H17N. The molecule has 0 saturated heterocycles. The Balaban J connectivity index is 2.10. The normalized spacial score (nSPS) is 17.4.